The summed E-state index contributed by atoms with van der Waals surface area (Å²) < 4.78 is 6.05. The van der Waals surface area contributed by atoms with Crippen molar-refractivity contribution in [2.75, 3.05) is 7.11 Å². The molecule has 0 aliphatic rings. The Hall–Kier alpha value is -2.21. The first-order chi connectivity index (χ1) is 8.61. The Bertz CT molecular complexity index is 545. The predicted molar refractivity (Wildman–Crippen MR) is 65.3 cm³/mol. The second kappa shape index (κ2) is 4.97. The molecule has 0 aliphatic heterocycles. The highest BCUT2D eigenvalue weighted by Gasteiger charge is 2.11. The van der Waals surface area contributed by atoms with Crippen molar-refractivity contribution in [3.8, 4) is 5.69 Å². The third-order valence-electron chi connectivity index (χ3n) is 2.54. The van der Waals surface area contributed by atoms with E-state index in [1.807, 2.05) is 31.2 Å². The van der Waals surface area contributed by atoms with Crippen LogP contribution in [0.3, 0.4) is 0 Å². The fraction of sp³-hybridized carbons (Fsp3) is 0.250. The summed E-state index contributed by atoms with van der Waals surface area (Å²) in [5, 5.41) is 4.03. The van der Waals surface area contributed by atoms with Crippen LogP contribution in [0.2, 0.25) is 0 Å². The van der Waals surface area contributed by atoms with Gasteiger partial charge in [-0.25, -0.2) is 14.5 Å². The van der Waals surface area contributed by atoms with Crippen LogP contribution in [0.1, 0.15) is 29.1 Å². The molecule has 94 valence electrons. The molecule has 0 saturated heterocycles. The smallest absolute Gasteiger partial charge is 0.377 e. The summed E-state index contributed by atoms with van der Waals surface area (Å²) >= 11 is 0. The number of carbonyl (C=O) groups is 1. The van der Waals surface area contributed by atoms with Gasteiger partial charge in [0.25, 0.3) is 5.82 Å². The molecule has 2 aromatic rings. The minimum atomic E-state index is -0.555. The Balaban J connectivity index is 2.26. The summed E-state index contributed by atoms with van der Waals surface area (Å²) in [7, 11) is 1.29. The van der Waals surface area contributed by atoms with E-state index in [0.29, 0.717) is 0 Å². The van der Waals surface area contributed by atoms with Crippen molar-refractivity contribution in [2.24, 2.45) is 5.73 Å². The number of hydrogen-bond acceptors (Lipinski definition) is 5. The van der Waals surface area contributed by atoms with Gasteiger partial charge in [0.15, 0.2) is 0 Å². The van der Waals surface area contributed by atoms with Crippen molar-refractivity contribution < 1.29 is 9.53 Å². The second-order valence-electron chi connectivity index (χ2n) is 3.88. The summed E-state index contributed by atoms with van der Waals surface area (Å²) in [6, 6.07) is 7.56. The molecule has 0 amide bonds. The van der Waals surface area contributed by atoms with Crippen molar-refractivity contribution in [3.63, 3.8) is 0 Å². The quantitative estimate of drug-likeness (QED) is 0.819. The lowest BCUT2D eigenvalue weighted by Crippen LogP contribution is -2.06. The lowest BCUT2D eigenvalue weighted by Gasteiger charge is -2.06. The number of esters is 1. The van der Waals surface area contributed by atoms with E-state index in [0.717, 1.165) is 11.3 Å². The third-order valence-corrected chi connectivity index (χ3v) is 2.54. The Labute approximate surface area is 104 Å². The van der Waals surface area contributed by atoms with Crippen LogP contribution in [0.5, 0.6) is 0 Å². The molecule has 6 heteroatoms. The first-order valence-electron chi connectivity index (χ1n) is 5.47. The van der Waals surface area contributed by atoms with E-state index in [9.17, 15) is 4.79 Å². The molecule has 1 aromatic heterocycles. The molecule has 0 unspecified atom stereocenters. The van der Waals surface area contributed by atoms with Gasteiger partial charge in [0.05, 0.1) is 12.8 Å². The number of rotatable bonds is 3. The monoisotopic (exact) mass is 246 g/mol. The highest BCUT2D eigenvalue weighted by molar-refractivity contribution is 5.84. The Kier molecular flexibility index (Phi) is 3.38. The SMILES string of the molecule is COC(=O)c1ncn(-c2ccc([C@@H](C)N)cc2)n1. The lowest BCUT2D eigenvalue weighted by molar-refractivity contribution is 0.0587. The van der Waals surface area contributed by atoms with Gasteiger partial charge in [0.1, 0.15) is 6.33 Å². The Morgan fingerprint density at radius 2 is 2.06 bits per heavy atom. The Morgan fingerprint density at radius 3 is 2.61 bits per heavy atom. The molecule has 1 heterocycles. The maximum atomic E-state index is 11.2. The number of aromatic nitrogens is 3. The molecule has 2 N–H and O–H groups in total. The number of nitrogens with two attached hydrogens (primary N) is 1. The molecule has 1 atom stereocenters. The molecule has 6 nitrogen and oxygen atoms in total. The van der Waals surface area contributed by atoms with Crippen LogP contribution >= 0.6 is 0 Å². The molecule has 2 rings (SSSR count). The molecular weight excluding hydrogens is 232 g/mol. The summed E-state index contributed by atoms with van der Waals surface area (Å²) in [4.78, 5) is 15.1. The largest absolute Gasteiger partial charge is 0.463 e. The van der Waals surface area contributed by atoms with Crippen molar-refractivity contribution >= 4 is 5.97 Å². The van der Waals surface area contributed by atoms with Gasteiger partial charge in [-0.15, -0.1) is 5.10 Å². The maximum absolute atomic E-state index is 11.2. The van der Waals surface area contributed by atoms with E-state index in [2.05, 4.69) is 14.8 Å². The lowest BCUT2D eigenvalue weighted by atomic mass is 10.1. The normalized spacial score (nSPS) is 12.2. The van der Waals surface area contributed by atoms with E-state index in [1.165, 1.54) is 18.1 Å². The molecule has 18 heavy (non-hydrogen) atoms. The molecule has 0 radical (unpaired) electrons. The maximum Gasteiger partial charge on any atom is 0.377 e. The van der Waals surface area contributed by atoms with E-state index in [-0.39, 0.29) is 11.9 Å². The first-order valence-corrected chi connectivity index (χ1v) is 5.47. The summed E-state index contributed by atoms with van der Waals surface area (Å²) in [6.07, 6.45) is 1.47. The van der Waals surface area contributed by atoms with E-state index >= 15 is 0 Å². The third kappa shape index (κ3) is 2.38. The number of methoxy groups -OCH3 is 1. The van der Waals surface area contributed by atoms with Gasteiger partial charge in [0, 0.05) is 6.04 Å². The van der Waals surface area contributed by atoms with Crippen LogP contribution in [-0.2, 0) is 4.74 Å². The zero-order chi connectivity index (χ0) is 13.1. The molecule has 0 bridgehead atoms. The molecule has 1 aromatic carbocycles. The van der Waals surface area contributed by atoms with Crippen molar-refractivity contribution in [1.82, 2.24) is 14.8 Å². The molecule has 0 spiro atoms. The number of ether oxygens (including phenoxy) is 1. The summed E-state index contributed by atoms with van der Waals surface area (Å²) in [6.45, 7) is 1.92. The van der Waals surface area contributed by atoms with E-state index in [1.54, 1.807) is 0 Å². The van der Waals surface area contributed by atoms with Gasteiger partial charge >= 0.3 is 5.97 Å². The number of hydrogen-bond donors (Lipinski definition) is 1. The molecule has 0 fully saturated rings. The molecular formula is C12H14N4O2. The topological polar surface area (TPSA) is 83.0 Å². The first kappa shape index (κ1) is 12.3. The summed E-state index contributed by atoms with van der Waals surface area (Å²) in [5.41, 5.74) is 7.61. The minimum Gasteiger partial charge on any atom is -0.463 e. The van der Waals surface area contributed by atoms with Crippen LogP contribution in [-0.4, -0.2) is 27.8 Å². The average molecular weight is 246 g/mol. The van der Waals surface area contributed by atoms with Crippen molar-refractivity contribution in [1.29, 1.82) is 0 Å². The minimum absolute atomic E-state index is 0.0135. The standard InChI is InChI=1S/C12H14N4O2/c1-8(13)9-3-5-10(6-4-9)16-7-14-11(15-16)12(17)18-2/h3-8H,13H2,1-2H3/t8-/m1/s1. The average Bonchev–Trinajstić information content (AvgIpc) is 2.87. The van der Waals surface area contributed by atoms with Crippen LogP contribution < -0.4 is 5.73 Å². The van der Waals surface area contributed by atoms with Gasteiger partial charge in [-0.1, -0.05) is 12.1 Å². The van der Waals surface area contributed by atoms with Crippen LogP contribution in [0, 0.1) is 0 Å². The van der Waals surface area contributed by atoms with Crippen molar-refractivity contribution in [3.05, 3.63) is 42.0 Å². The van der Waals surface area contributed by atoms with Crippen LogP contribution in [0.25, 0.3) is 5.69 Å². The van der Waals surface area contributed by atoms with E-state index in [4.69, 9.17) is 5.73 Å². The fourth-order valence-corrected chi connectivity index (χ4v) is 1.50. The second-order valence-corrected chi connectivity index (χ2v) is 3.88. The van der Waals surface area contributed by atoms with Gasteiger partial charge in [-0.05, 0) is 24.6 Å². The highest BCUT2D eigenvalue weighted by atomic mass is 16.5. The van der Waals surface area contributed by atoms with E-state index < -0.39 is 5.97 Å². The highest BCUT2D eigenvalue weighted by Crippen LogP contribution is 2.13. The van der Waals surface area contributed by atoms with Gasteiger partial charge in [-0.2, -0.15) is 0 Å². The number of nitrogens with zero attached hydrogens (tertiary/aromatic N) is 3. The van der Waals surface area contributed by atoms with Gasteiger partial charge < -0.3 is 10.5 Å². The fourth-order valence-electron chi connectivity index (χ4n) is 1.50. The molecule has 0 aliphatic carbocycles. The summed E-state index contributed by atoms with van der Waals surface area (Å²) in [5.74, 6) is -0.519. The number of benzene rings is 1. The zero-order valence-electron chi connectivity index (χ0n) is 10.2. The zero-order valence-corrected chi connectivity index (χ0v) is 10.2. The predicted octanol–water partition coefficient (Wildman–Crippen LogP) is 1.07. The van der Waals surface area contributed by atoms with Gasteiger partial charge in [0.2, 0.25) is 0 Å². The van der Waals surface area contributed by atoms with Gasteiger partial charge in [-0.3, -0.25) is 0 Å². The van der Waals surface area contributed by atoms with Crippen LogP contribution in [0.4, 0.5) is 0 Å². The molecule has 0 saturated carbocycles. The number of carbonyl (C=O) groups excluding carboxylic acids is 1. The van der Waals surface area contributed by atoms with Crippen molar-refractivity contribution in [2.45, 2.75) is 13.0 Å². The Morgan fingerprint density at radius 1 is 1.39 bits per heavy atom. The van der Waals surface area contributed by atoms with Crippen LogP contribution in [0.15, 0.2) is 30.6 Å².